The lowest BCUT2D eigenvalue weighted by Gasteiger charge is -2.08. The molecule has 0 bridgehead atoms. The molecule has 7 heteroatoms. The van der Waals surface area contributed by atoms with Crippen molar-refractivity contribution in [3.63, 3.8) is 0 Å². The van der Waals surface area contributed by atoms with Crippen LogP contribution in [0.25, 0.3) is 0 Å². The molecule has 0 saturated heterocycles. The summed E-state index contributed by atoms with van der Waals surface area (Å²) in [6, 6.07) is 5.53. The number of benzene rings is 1. The second-order valence-corrected chi connectivity index (χ2v) is 3.63. The summed E-state index contributed by atoms with van der Waals surface area (Å²) in [5.74, 6) is -3.00. The third-order valence-electron chi connectivity index (χ3n) is 2.21. The van der Waals surface area contributed by atoms with E-state index in [9.17, 15) is 14.4 Å². The molecule has 0 atom stereocenters. The lowest BCUT2D eigenvalue weighted by molar-refractivity contribution is -0.136. The minimum atomic E-state index is -1.28. The molecule has 0 aliphatic carbocycles. The lowest BCUT2D eigenvalue weighted by atomic mass is 10.0. The van der Waals surface area contributed by atoms with Crippen LogP contribution in [0.15, 0.2) is 18.2 Å². The fraction of sp³-hybridized carbons (Fsp3) is 0.167. The fourth-order valence-electron chi connectivity index (χ4n) is 1.45. The Labute approximate surface area is 108 Å². The number of carbonyl (C=O) groups excluding carboxylic acids is 1. The molecular formula is C12H10N2O5. The van der Waals surface area contributed by atoms with Gasteiger partial charge in [0.15, 0.2) is 0 Å². The summed E-state index contributed by atoms with van der Waals surface area (Å²) in [7, 11) is 0. The molecule has 0 radical (unpaired) electrons. The lowest BCUT2D eigenvalue weighted by Crippen LogP contribution is -2.13. The Morgan fingerprint density at radius 3 is 2.47 bits per heavy atom. The van der Waals surface area contributed by atoms with Crippen molar-refractivity contribution in [1.29, 1.82) is 5.26 Å². The number of hydrogen-bond acceptors (Lipinski definition) is 4. The van der Waals surface area contributed by atoms with E-state index in [0.717, 1.165) is 6.07 Å². The first-order chi connectivity index (χ1) is 8.93. The quantitative estimate of drug-likeness (QED) is 0.722. The van der Waals surface area contributed by atoms with Crippen molar-refractivity contribution in [2.45, 2.75) is 12.8 Å². The predicted octanol–water partition coefficient (Wildman–Crippen LogP) is 0.864. The highest BCUT2D eigenvalue weighted by atomic mass is 16.4. The SMILES string of the molecule is N#CCC(=O)Nc1ccc(CC(=O)O)c(C(=O)O)c1. The van der Waals surface area contributed by atoms with Crippen LogP contribution in [0.2, 0.25) is 0 Å². The van der Waals surface area contributed by atoms with Crippen LogP contribution in [0.5, 0.6) is 0 Å². The average Bonchev–Trinajstić information content (AvgIpc) is 2.30. The molecule has 0 aliphatic rings. The molecule has 0 aliphatic heterocycles. The third-order valence-corrected chi connectivity index (χ3v) is 2.21. The zero-order valence-corrected chi connectivity index (χ0v) is 9.71. The van der Waals surface area contributed by atoms with Crippen LogP contribution < -0.4 is 5.32 Å². The topological polar surface area (TPSA) is 127 Å². The van der Waals surface area contributed by atoms with E-state index in [1.807, 2.05) is 0 Å². The van der Waals surface area contributed by atoms with Gasteiger partial charge in [-0.05, 0) is 17.7 Å². The molecule has 0 heterocycles. The van der Waals surface area contributed by atoms with E-state index < -0.39 is 24.3 Å². The van der Waals surface area contributed by atoms with Crippen LogP contribution in [0.4, 0.5) is 5.69 Å². The number of amides is 1. The predicted molar refractivity (Wildman–Crippen MR) is 63.6 cm³/mol. The number of carbonyl (C=O) groups is 3. The third kappa shape index (κ3) is 4.12. The Kier molecular flexibility index (Phi) is 4.60. The van der Waals surface area contributed by atoms with Gasteiger partial charge >= 0.3 is 11.9 Å². The minimum absolute atomic E-state index is 0.137. The van der Waals surface area contributed by atoms with Gasteiger partial charge < -0.3 is 15.5 Å². The van der Waals surface area contributed by atoms with Crippen LogP contribution in [-0.4, -0.2) is 28.1 Å². The van der Waals surface area contributed by atoms with Gasteiger partial charge in [0, 0.05) is 5.69 Å². The van der Waals surface area contributed by atoms with Gasteiger partial charge in [-0.1, -0.05) is 6.07 Å². The number of hydrogen-bond donors (Lipinski definition) is 3. The molecule has 1 aromatic rings. The molecule has 3 N–H and O–H groups in total. The Morgan fingerprint density at radius 1 is 1.26 bits per heavy atom. The number of aliphatic carboxylic acids is 1. The van der Waals surface area contributed by atoms with E-state index in [0.29, 0.717) is 0 Å². The summed E-state index contributed by atoms with van der Waals surface area (Å²) < 4.78 is 0. The second kappa shape index (κ2) is 6.16. The maximum atomic E-state index is 11.2. The maximum Gasteiger partial charge on any atom is 0.336 e. The van der Waals surface area contributed by atoms with Gasteiger partial charge in [0.1, 0.15) is 6.42 Å². The summed E-state index contributed by atoms with van der Waals surface area (Å²) in [4.78, 5) is 32.8. The van der Waals surface area contributed by atoms with Gasteiger partial charge in [-0.25, -0.2) is 4.79 Å². The van der Waals surface area contributed by atoms with E-state index >= 15 is 0 Å². The number of nitrogens with one attached hydrogen (secondary N) is 1. The van der Waals surface area contributed by atoms with Crippen LogP contribution in [0.3, 0.4) is 0 Å². The van der Waals surface area contributed by atoms with Gasteiger partial charge in [0.05, 0.1) is 18.1 Å². The maximum absolute atomic E-state index is 11.2. The van der Waals surface area contributed by atoms with Crippen molar-refractivity contribution in [2.24, 2.45) is 0 Å². The van der Waals surface area contributed by atoms with Crippen LogP contribution >= 0.6 is 0 Å². The highest BCUT2D eigenvalue weighted by molar-refractivity contribution is 5.96. The summed E-state index contributed by atoms with van der Waals surface area (Å²) in [6.45, 7) is 0. The van der Waals surface area contributed by atoms with Crippen molar-refractivity contribution in [3.05, 3.63) is 29.3 Å². The number of anilines is 1. The number of carboxylic acids is 2. The number of rotatable bonds is 5. The smallest absolute Gasteiger partial charge is 0.336 e. The largest absolute Gasteiger partial charge is 0.481 e. The number of aromatic carboxylic acids is 1. The Bertz CT molecular complexity index is 574. The summed E-state index contributed by atoms with van der Waals surface area (Å²) in [5.41, 5.74) is 0.141. The van der Waals surface area contributed by atoms with Gasteiger partial charge in [0.2, 0.25) is 5.91 Å². The molecule has 19 heavy (non-hydrogen) atoms. The molecule has 98 valence electrons. The van der Waals surface area contributed by atoms with E-state index in [-0.39, 0.29) is 23.2 Å². The molecule has 0 spiro atoms. The zero-order valence-electron chi connectivity index (χ0n) is 9.71. The summed E-state index contributed by atoms with van der Waals surface area (Å²) >= 11 is 0. The minimum Gasteiger partial charge on any atom is -0.481 e. The van der Waals surface area contributed by atoms with E-state index in [1.165, 1.54) is 12.1 Å². The van der Waals surface area contributed by atoms with Gasteiger partial charge in [-0.3, -0.25) is 9.59 Å². The second-order valence-electron chi connectivity index (χ2n) is 3.63. The molecule has 1 aromatic carbocycles. The number of nitriles is 1. The molecule has 0 aromatic heterocycles. The molecule has 0 saturated carbocycles. The van der Waals surface area contributed by atoms with Crippen molar-refractivity contribution in [3.8, 4) is 6.07 Å². The standard InChI is InChI=1S/C12H10N2O5/c13-4-3-10(15)14-8-2-1-7(5-11(16)17)9(6-8)12(18)19/h1-2,6H,3,5H2,(H,14,15)(H,16,17)(H,18,19). The molecule has 1 amide bonds. The zero-order chi connectivity index (χ0) is 14.4. The number of nitrogens with zero attached hydrogens (tertiary/aromatic N) is 1. The van der Waals surface area contributed by atoms with Crippen molar-refractivity contribution < 1.29 is 24.6 Å². The molecule has 0 unspecified atom stereocenters. The van der Waals surface area contributed by atoms with Crippen LogP contribution in [-0.2, 0) is 16.0 Å². The normalized spacial score (nSPS) is 9.42. The van der Waals surface area contributed by atoms with E-state index in [4.69, 9.17) is 15.5 Å². The highest BCUT2D eigenvalue weighted by Gasteiger charge is 2.14. The first-order valence-corrected chi connectivity index (χ1v) is 5.19. The van der Waals surface area contributed by atoms with E-state index in [2.05, 4.69) is 5.32 Å². The Hall–Kier alpha value is -2.88. The molecule has 7 nitrogen and oxygen atoms in total. The molecule has 1 rings (SSSR count). The fourth-order valence-corrected chi connectivity index (χ4v) is 1.45. The van der Waals surface area contributed by atoms with Crippen LogP contribution in [0, 0.1) is 11.3 Å². The Morgan fingerprint density at radius 2 is 1.95 bits per heavy atom. The highest BCUT2D eigenvalue weighted by Crippen LogP contribution is 2.17. The van der Waals surface area contributed by atoms with Gasteiger partial charge in [-0.2, -0.15) is 5.26 Å². The summed E-state index contributed by atoms with van der Waals surface area (Å²) in [5, 5.41) is 28.3. The van der Waals surface area contributed by atoms with Crippen molar-refractivity contribution in [1.82, 2.24) is 0 Å². The van der Waals surface area contributed by atoms with Gasteiger partial charge in [0.25, 0.3) is 0 Å². The Balaban J connectivity index is 3.03. The summed E-state index contributed by atoms with van der Waals surface area (Å²) in [6.07, 6.45) is -0.770. The first-order valence-electron chi connectivity index (χ1n) is 5.19. The van der Waals surface area contributed by atoms with Crippen molar-refractivity contribution >= 4 is 23.5 Å². The average molecular weight is 262 g/mol. The van der Waals surface area contributed by atoms with E-state index in [1.54, 1.807) is 6.07 Å². The number of carboxylic acid groups (broad SMARTS) is 2. The molecule has 0 fully saturated rings. The van der Waals surface area contributed by atoms with Gasteiger partial charge in [-0.15, -0.1) is 0 Å². The first kappa shape index (κ1) is 14.2. The van der Waals surface area contributed by atoms with Crippen molar-refractivity contribution in [2.75, 3.05) is 5.32 Å². The molecular weight excluding hydrogens is 252 g/mol. The monoisotopic (exact) mass is 262 g/mol. The van der Waals surface area contributed by atoms with Crippen LogP contribution in [0.1, 0.15) is 22.3 Å².